The van der Waals surface area contributed by atoms with E-state index in [-0.39, 0.29) is 17.2 Å². The highest BCUT2D eigenvalue weighted by molar-refractivity contribution is 5.31. The van der Waals surface area contributed by atoms with Crippen molar-refractivity contribution in [2.24, 2.45) is 0 Å². The first-order chi connectivity index (χ1) is 8.93. The van der Waals surface area contributed by atoms with E-state index in [1.807, 2.05) is 13.8 Å². The van der Waals surface area contributed by atoms with Gasteiger partial charge in [0.05, 0.1) is 18.2 Å². The van der Waals surface area contributed by atoms with Crippen LogP contribution >= 0.6 is 0 Å². The Labute approximate surface area is 110 Å². The van der Waals surface area contributed by atoms with Gasteiger partial charge >= 0.3 is 0 Å². The number of rotatable bonds is 3. The molecule has 0 spiro atoms. The SMILES string of the molecule is Cc1ccc(C(O)c2cncn2C(C)C)c(F)c1F. The van der Waals surface area contributed by atoms with Gasteiger partial charge in [-0.2, -0.15) is 0 Å². The second-order valence-corrected chi connectivity index (χ2v) is 4.82. The van der Waals surface area contributed by atoms with Crippen LogP contribution in [0.15, 0.2) is 24.7 Å². The smallest absolute Gasteiger partial charge is 0.165 e. The molecule has 1 N–H and O–H groups in total. The lowest BCUT2D eigenvalue weighted by atomic mass is 10.0. The minimum absolute atomic E-state index is 0.0745. The summed E-state index contributed by atoms with van der Waals surface area (Å²) >= 11 is 0. The van der Waals surface area contributed by atoms with Crippen LogP contribution < -0.4 is 0 Å². The number of aromatic nitrogens is 2. The average Bonchev–Trinajstić information content (AvgIpc) is 2.84. The molecule has 0 aliphatic heterocycles. The highest BCUT2D eigenvalue weighted by Crippen LogP contribution is 2.28. The fourth-order valence-electron chi connectivity index (χ4n) is 1.99. The Morgan fingerprint density at radius 1 is 1.21 bits per heavy atom. The van der Waals surface area contributed by atoms with Crippen LogP contribution in [0.4, 0.5) is 8.78 Å². The van der Waals surface area contributed by atoms with Crippen LogP contribution in [-0.2, 0) is 0 Å². The van der Waals surface area contributed by atoms with Gasteiger partial charge in [-0.15, -0.1) is 0 Å². The zero-order valence-electron chi connectivity index (χ0n) is 11.1. The molecule has 19 heavy (non-hydrogen) atoms. The third kappa shape index (κ3) is 2.38. The number of aryl methyl sites for hydroxylation is 1. The molecule has 1 aromatic carbocycles. The number of nitrogens with zero attached hydrogens (tertiary/aromatic N) is 2. The molecule has 0 aliphatic carbocycles. The van der Waals surface area contributed by atoms with Crippen LogP contribution in [-0.4, -0.2) is 14.7 Å². The van der Waals surface area contributed by atoms with Crippen molar-refractivity contribution < 1.29 is 13.9 Å². The van der Waals surface area contributed by atoms with Gasteiger partial charge in [0, 0.05) is 11.6 Å². The summed E-state index contributed by atoms with van der Waals surface area (Å²) in [6.07, 6.45) is 1.79. The number of imidazole rings is 1. The molecule has 2 rings (SSSR count). The normalized spacial score (nSPS) is 13.0. The molecule has 0 aliphatic rings. The van der Waals surface area contributed by atoms with E-state index < -0.39 is 17.7 Å². The Hall–Kier alpha value is -1.75. The lowest BCUT2D eigenvalue weighted by Gasteiger charge is -2.17. The number of aliphatic hydroxyl groups is 1. The summed E-state index contributed by atoms with van der Waals surface area (Å²) in [5.41, 5.74) is 0.577. The number of hydrogen-bond donors (Lipinski definition) is 1. The Morgan fingerprint density at radius 2 is 1.89 bits per heavy atom. The summed E-state index contributed by atoms with van der Waals surface area (Å²) in [4.78, 5) is 3.95. The molecule has 0 fully saturated rings. The Kier molecular flexibility index (Phi) is 3.66. The van der Waals surface area contributed by atoms with E-state index in [9.17, 15) is 13.9 Å². The summed E-state index contributed by atoms with van der Waals surface area (Å²) in [6, 6.07) is 2.92. The number of benzene rings is 1. The standard InChI is InChI=1S/C14H16F2N2O/c1-8(2)18-7-17-6-11(18)14(19)10-5-4-9(3)12(15)13(10)16/h4-8,14,19H,1-3H3. The van der Waals surface area contributed by atoms with Gasteiger partial charge in [0.1, 0.15) is 6.10 Å². The third-order valence-electron chi connectivity index (χ3n) is 3.13. The third-order valence-corrected chi connectivity index (χ3v) is 3.13. The van der Waals surface area contributed by atoms with Crippen molar-refractivity contribution in [1.82, 2.24) is 9.55 Å². The molecule has 0 radical (unpaired) electrons. The minimum Gasteiger partial charge on any atom is -0.382 e. The van der Waals surface area contributed by atoms with Gasteiger partial charge < -0.3 is 9.67 Å². The lowest BCUT2D eigenvalue weighted by molar-refractivity contribution is 0.201. The summed E-state index contributed by atoms with van der Waals surface area (Å²) in [7, 11) is 0. The van der Waals surface area contributed by atoms with Gasteiger partial charge in [-0.25, -0.2) is 13.8 Å². The quantitative estimate of drug-likeness (QED) is 0.926. The molecule has 1 atom stereocenters. The highest BCUT2D eigenvalue weighted by atomic mass is 19.2. The fraction of sp³-hybridized carbons (Fsp3) is 0.357. The molecule has 0 saturated heterocycles. The Balaban J connectivity index is 2.47. The molecule has 1 aromatic heterocycles. The van der Waals surface area contributed by atoms with Crippen molar-refractivity contribution in [2.45, 2.75) is 32.9 Å². The molecular formula is C14H16F2N2O. The van der Waals surface area contributed by atoms with E-state index in [0.29, 0.717) is 5.69 Å². The van der Waals surface area contributed by atoms with Gasteiger partial charge in [0.2, 0.25) is 0 Å². The Morgan fingerprint density at radius 3 is 2.53 bits per heavy atom. The topological polar surface area (TPSA) is 38.1 Å². The van der Waals surface area contributed by atoms with Crippen molar-refractivity contribution in [3.63, 3.8) is 0 Å². The van der Waals surface area contributed by atoms with Crippen LogP contribution in [0.2, 0.25) is 0 Å². The summed E-state index contributed by atoms with van der Waals surface area (Å²) < 4.78 is 29.1. The maximum absolute atomic E-state index is 13.9. The van der Waals surface area contributed by atoms with E-state index in [4.69, 9.17) is 0 Å². The maximum atomic E-state index is 13.9. The summed E-state index contributed by atoms with van der Waals surface area (Å²) in [6.45, 7) is 5.32. The predicted molar refractivity (Wildman–Crippen MR) is 67.8 cm³/mol. The first-order valence-electron chi connectivity index (χ1n) is 6.07. The first-order valence-corrected chi connectivity index (χ1v) is 6.07. The maximum Gasteiger partial charge on any atom is 0.165 e. The van der Waals surface area contributed by atoms with Crippen molar-refractivity contribution in [3.05, 3.63) is 53.1 Å². The predicted octanol–water partition coefficient (Wildman–Crippen LogP) is 3.13. The van der Waals surface area contributed by atoms with Crippen LogP contribution in [0.3, 0.4) is 0 Å². The molecule has 5 heteroatoms. The number of aliphatic hydroxyl groups excluding tert-OH is 1. The zero-order chi connectivity index (χ0) is 14.2. The average molecular weight is 266 g/mol. The number of halogens is 2. The van der Waals surface area contributed by atoms with Gasteiger partial charge in [-0.3, -0.25) is 0 Å². The van der Waals surface area contributed by atoms with E-state index in [0.717, 1.165) is 0 Å². The van der Waals surface area contributed by atoms with Crippen LogP contribution in [0.5, 0.6) is 0 Å². The van der Waals surface area contributed by atoms with Gasteiger partial charge in [0.15, 0.2) is 11.6 Å². The van der Waals surface area contributed by atoms with Crippen LogP contribution in [0.25, 0.3) is 0 Å². The second kappa shape index (κ2) is 5.09. The monoisotopic (exact) mass is 266 g/mol. The molecule has 0 amide bonds. The highest BCUT2D eigenvalue weighted by Gasteiger charge is 2.22. The summed E-state index contributed by atoms with van der Waals surface area (Å²) in [5, 5.41) is 10.2. The van der Waals surface area contributed by atoms with Gasteiger partial charge in [-0.1, -0.05) is 12.1 Å². The fourth-order valence-corrected chi connectivity index (χ4v) is 1.99. The second-order valence-electron chi connectivity index (χ2n) is 4.82. The van der Waals surface area contributed by atoms with Crippen LogP contribution in [0.1, 0.15) is 42.8 Å². The van der Waals surface area contributed by atoms with E-state index in [1.54, 1.807) is 10.9 Å². The molecular weight excluding hydrogens is 250 g/mol. The van der Waals surface area contributed by atoms with E-state index in [2.05, 4.69) is 4.98 Å². The van der Waals surface area contributed by atoms with E-state index >= 15 is 0 Å². The Bertz CT molecular complexity index is 593. The van der Waals surface area contributed by atoms with Crippen molar-refractivity contribution in [3.8, 4) is 0 Å². The number of hydrogen-bond acceptors (Lipinski definition) is 2. The molecule has 3 nitrogen and oxygen atoms in total. The van der Waals surface area contributed by atoms with Gasteiger partial charge in [0.25, 0.3) is 0 Å². The molecule has 0 saturated carbocycles. The lowest BCUT2D eigenvalue weighted by Crippen LogP contribution is -2.12. The summed E-state index contributed by atoms with van der Waals surface area (Å²) in [5.74, 6) is -1.93. The van der Waals surface area contributed by atoms with Crippen LogP contribution in [0, 0.1) is 18.6 Å². The molecule has 1 heterocycles. The first kappa shape index (κ1) is 13.7. The minimum atomic E-state index is -1.24. The molecule has 2 aromatic rings. The van der Waals surface area contributed by atoms with Gasteiger partial charge in [-0.05, 0) is 26.3 Å². The van der Waals surface area contributed by atoms with Crippen molar-refractivity contribution >= 4 is 0 Å². The molecule has 0 bridgehead atoms. The van der Waals surface area contributed by atoms with Crippen molar-refractivity contribution in [2.75, 3.05) is 0 Å². The molecule has 102 valence electrons. The zero-order valence-corrected chi connectivity index (χ0v) is 11.1. The largest absolute Gasteiger partial charge is 0.382 e. The van der Waals surface area contributed by atoms with Crippen molar-refractivity contribution in [1.29, 1.82) is 0 Å². The molecule has 1 unspecified atom stereocenters. The van der Waals surface area contributed by atoms with E-state index in [1.165, 1.54) is 25.3 Å².